The lowest BCUT2D eigenvalue weighted by atomic mass is 9.59. The van der Waals surface area contributed by atoms with Gasteiger partial charge in [-0.05, 0) is 262 Å². The van der Waals surface area contributed by atoms with Crippen LogP contribution in [0.25, 0.3) is 0 Å². The Morgan fingerprint density at radius 2 is 1.23 bits per heavy atom. The highest BCUT2D eigenvalue weighted by Gasteiger charge is 2.62. The second-order valence-electron chi connectivity index (χ2n) is 33.0. The second-order valence-corrected chi connectivity index (χ2v) is 45.0. The lowest BCUT2D eigenvalue weighted by Crippen LogP contribution is -2.45. The summed E-state index contributed by atoms with van der Waals surface area (Å²) in [6, 6.07) is 19.2. The number of rotatable bonds is 19. The van der Waals surface area contributed by atoms with Crippen molar-refractivity contribution >= 4 is 40.2 Å². The number of hydrogen-bond acceptors (Lipinski definition) is 7. The molecule has 1 aliphatic heterocycles. The molecule has 520 valence electrons. The van der Waals surface area contributed by atoms with E-state index < -0.39 is 80.8 Å². The second kappa shape index (κ2) is 30.7. The molecule has 2 aromatic carbocycles. The van der Waals surface area contributed by atoms with Crippen LogP contribution in [0.5, 0.6) is 0 Å². The van der Waals surface area contributed by atoms with Gasteiger partial charge in [0.1, 0.15) is 25.3 Å². The first-order valence-corrected chi connectivity index (χ1v) is 44.0. The number of ketones is 1. The van der Waals surface area contributed by atoms with E-state index in [4.69, 9.17) is 30.0 Å². The fourth-order valence-corrected chi connectivity index (χ4v) is 22.8. The van der Waals surface area contributed by atoms with Gasteiger partial charge in [0.2, 0.25) is 0 Å². The molecular weight excluding hydrogens is 1210 g/mol. The van der Waals surface area contributed by atoms with Gasteiger partial charge < -0.3 is 28.4 Å². The first-order chi connectivity index (χ1) is 48.5. The van der Waals surface area contributed by atoms with E-state index >= 15 is 0 Å². The lowest BCUT2D eigenvalue weighted by molar-refractivity contribution is -0.130. The predicted octanol–water partition coefficient (Wildman–Crippen LogP) is 21.0. The zero-order valence-electron chi connectivity index (χ0n) is 70.7. The summed E-state index contributed by atoms with van der Waals surface area (Å²) in [4.78, 5) is 12.5. The average molecular weight is 1350 g/mol. The van der Waals surface area contributed by atoms with Crippen LogP contribution in [0.3, 0.4) is 0 Å². The number of carbonyl (C=O) groups is 1. The Morgan fingerprint density at radius 1 is 0.699 bits per heavy atom. The van der Waals surface area contributed by atoms with Crippen LogP contribution in [-0.4, -0.2) is 87.8 Å². The molecule has 9 fully saturated rings. The number of benzene rings is 2. The van der Waals surface area contributed by atoms with Crippen molar-refractivity contribution in [1.82, 2.24) is 0 Å². The summed E-state index contributed by atoms with van der Waals surface area (Å²) < 4.78 is 155. The van der Waals surface area contributed by atoms with Crippen molar-refractivity contribution in [3.63, 3.8) is 0 Å². The quantitative estimate of drug-likeness (QED) is 0.107. The van der Waals surface area contributed by atoms with Crippen LogP contribution < -0.4 is 10.6 Å². The molecule has 93 heavy (non-hydrogen) atoms. The fraction of sp³-hybridized carbons (Fsp3) is 0.716. The molecule has 7 nitrogen and oxygen atoms in total. The number of Topliss-reactive ketones (excluding diaryl/α,β-unsaturated/α-hetero) is 1. The molecule has 11 rings (SSSR count). The molecule has 1 saturated heterocycles. The smallest absolute Gasteiger partial charge is 0.192 e. The number of hydrogen-bond donors (Lipinski definition) is 2. The maximum Gasteiger partial charge on any atom is 0.192 e. The van der Waals surface area contributed by atoms with Gasteiger partial charge in [-0.2, -0.15) is 0 Å². The Kier molecular flexibility index (Phi) is 19.9. The lowest BCUT2D eigenvalue weighted by Gasteiger charge is -2.45. The van der Waals surface area contributed by atoms with Gasteiger partial charge in [-0.25, -0.2) is 8.78 Å². The van der Waals surface area contributed by atoms with Gasteiger partial charge in [0.15, 0.2) is 16.6 Å². The van der Waals surface area contributed by atoms with E-state index in [1.165, 1.54) is 18.4 Å². The Bertz CT molecular complexity index is 3360. The average Bonchev–Trinajstić information content (AvgIpc) is 1.59. The highest BCUT2D eigenvalue weighted by Crippen LogP contribution is 2.71. The van der Waals surface area contributed by atoms with Crippen molar-refractivity contribution in [3.8, 4) is 0 Å². The Labute approximate surface area is 583 Å². The van der Waals surface area contributed by atoms with Gasteiger partial charge in [0.25, 0.3) is 0 Å². The minimum Gasteiger partial charge on any atom is -0.413 e. The van der Waals surface area contributed by atoms with Crippen molar-refractivity contribution in [1.29, 1.82) is 0 Å². The summed E-state index contributed by atoms with van der Waals surface area (Å²) in [5.74, 6) is 2.02. The topological polar surface area (TPSA) is 102 Å². The molecule has 6 unspecified atom stereocenters. The summed E-state index contributed by atoms with van der Waals surface area (Å²) >= 11 is 0. The van der Waals surface area contributed by atoms with E-state index in [1.807, 2.05) is 92.5 Å². The highest BCUT2D eigenvalue weighted by molar-refractivity contribution is 7.78. The van der Waals surface area contributed by atoms with Crippen molar-refractivity contribution in [2.24, 2.45) is 45.3 Å². The zero-order valence-corrected chi connectivity index (χ0v) is 61.6. The van der Waals surface area contributed by atoms with E-state index in [2.05, 4.69) is 66.9 Å². The number of carbonyl (C=O) groups excluding carboxylic acids is 1. The number of alkyl halides is 2. The molecule has 0 radical (unpaired) electrons. The molecule has 8 aliphatic carbocycles. The van der Waals surface area contributed by atoms with Crippen LogP contribution in [0.4, 0.5) is 8.78 Å². The Morgan fingerprint density at radius 3 is 1.74 bits per heavy atom. The van der Waals surface area contributed by atoms with E-state index in [-0.39, 0.29) is 58.0 Å². The van der Waals surface area contributed by atoms with Crippen molar-refractivity contribution in [2.45, 2.75) is 302 Å². The Hall–Kier alpha value is -2.87. The van der Waals surface area contributed by atoms with Gasteiger partial charge >= 0.3 is 0 Å². The summed E-state index contributed by atoms with van der Waals surface area (Å²) in [7, 11) is -7.33. The van der Waals surface area contributed by atoms with Crippen molar-refractivity contribution in [3.05, 3.63) is 120 Å². The summed E-state index contributed by atoms with van der Waals surface area (Å²) in [6.07, 6.45) is 24.2. The van der Waals surface area contributed by atoms with E-state index in [0.717, 1.165) is 131 Å². The molecule has 2 N–H and O–H groups in total. The van der Waals surface area contributed by atoms with Crippen LogP contribution in [0.2, 0.25) is 37.8 Å². The minimum absolute atomic E-state index is 0.0256. The van der Waals surface area contributed by atoms with Gasteiger partial charge in [0.05, 0.1) is 23.4 Å². The number of ether oxygens (including phenoxy) is 1. The predicted molar refractivity (Wildman–Crippen MR) is 391 cm³/mol. The van der Waals surface area contributed by atoms with Crippen molar-refractivity contribution < 1.29 is 58.4 Å². The summed E-state index contributed by atoms with van der Waals surface area (Å²) in [5, 5.41) is 22.4. The monoisotopic (exact) mass is 1350 g/mol. The SMILES string of the molecule is C1CCOC1.C=C1/C(=C\CP(=O)(c2ccccc2)c2ccccc2)CC(O[Si](C)(C)C(C)(C)C)C[C@@H]1F.[2H]C([2H])([2H])C(CCCC1(C2CCC3C(=O)CCC[C@@]32C)CC1)(O[Si](C)(C)C)C([2H])([2H])[2H].[2H]C([2H])([2H])C(O)(CCCC1(C2CCC3/C(=C/C=C4/CC(O)C[C@H](F)C4=C)CCC[C@@]32C)CC1)C([2H])([2H])[2H]. The third kappa shape index (κ3) is 19.3. The molecule has 10 atom stereocenters. The Balaban J connectivity index is 0.000000193. The molecule has 9 aliphatic rings. The molecular formula is C81H127F2O7PSi2. The third-order valence-corrected chi connectivity index (χ3v) is 32.4. The van der Waals surface area contributed by atoms with E-state index in [0.29, 0.717) is 79.4 Å². The van der Waals surface area contributed by atoms with Crippen LogP contribution >= 0.6 is 7.14 Å². The number of aliphatic hydroxyl groups excluding tert-OH is 1. The first kappa shape index (κ1) is 60.1. The number of allylic oxidation sites excluding steroid dienone is 6. The molecule has 0 bridgehead atoms. The number of aliphatic hydroxyl groups is 2. The minimum atomic E-state index is -2.96. The molecule has 8 saturated carbocycles. The van der Waals surface area contributed by atoms with Gasteiger partial charge in [-0.3, -0.25) is 4.79 Å². The molecule has 0 spiro atoms. The largest absolute Gasteiger partial charge is 0.413 e. The van der Waals surface area contributed by atoms with Crippen LogP contribution in [0.15, 0.2) is 120 Å². The van der Waals surface area contributed by atoms with Gasteiger partial charge in [0, 0.05) is 71.6 Å². The van der Waals surface area contributed by atoms with Gasteiger partial charge in [-0.15, -0.1) is 0 Å². The van der Waals surface area contributed by atoms with Gasteiger partial charge in [-0.1, -0.05) is 145 Å². The third-order valence-electron chi connectivity index (χ3n) is 24.0. The highest BCUT2D eigenvalue weighted by atomic mass is 31.2. The van der Waals surface area contributed by atoms with Crippen LogP contribution in [0, 0.1) is 45.3 Å². The van der Waals surface area contributed by atoms with Crippen LogP contribution in [-0.2, 0) is 22.9 Å². The molecule has 2 aromatic rings. The molecule has 0 aromatic heterocycles. The van der Waals surface area contributed by atoms with E-state index in [1.54, 1.807) is 0 Å². The summed E-state index contributed by atoms with van der Waals surface area (Å²) in [5.41, 5.74) is -0.333. The number of halogens is 2. The maximum absolute atomic E-state index is 14.9. The number of fused-ring (bicyclic) bond motifs is 2. The maximum atomic E-state index is 14.9. The molecule has 0 amide bonds. The normalized spacial score (nSPS) is 34.0. The zero-order chi connectivity index (χ0) is 78.1. The van der Waals surface area contributed by atoms with Crippen LogP contribution in [0.1, 0.15) is 245 Å². The first-order valence-electron chi connectivity index (χ1n) is 41.8. The standard InChI is InChI=1S/C28H43FO2.C27H36FO2PSi.C22H40O2Si.C4H8O/c1-19-21(17-22(30)18-24(19)29)9-8-20-7-5-13-27(4)23(20)10-11-25(27)28(15-16-28)14-6-12-26(2,3)31;1-21-22(19-23(20-26(21)28)30-32(5,6)27(2,3)4)17-18-31(29,24-13-9-7-10-14-24)25-15-11-8-12-16-25;1-20(2,24-25(4,5)6)12-8-14-22(15-16-22)19-11-10-17-18(23)9-7-13-21(17,19)3;1-2-4-5-3-1/h8-9,22-25,30-31H,1,5-7,10-18H2,2-4H3;7-17,23,26H,1,18-20H2,2-6H3;17,19H,7-16H2,1-6H3;1-4H2/b20-8+,21-9-;22-17-;;/t22?,23?,24-,25?,27-;23?,26-;17?,19?,21-;/m000./s1/i2D3,3D3;;1D3,2D3;. The molecule has 12 heteroatoms. The fourth-order valence-electron chi connectivity index (χ4n) is 17.8. The van der Waals surface area contributed by atoms with E-state index in [9.17, 15) is 28.4 Å². The van der Waals surface area contributed by atoms with Crippen molar-refractivity contribution in [2.75, 3.05) is 19.4 Å². The molecule has 1 heterocycles. The summed E-state index contributed by atoms with van der Waals surface area (Å²) in [6.45, 7) is 19.8.